The largest absolute Gasteiger partial charge is 0.352 e. The van der Waals surface area contributed by atoms with Gasteiger partial charge in [-0.2, -0.15) is 0 Å². The average molecular weight is 336 g/mol. The summed E-state index contributed by atoms with van der Waals surface area (Å²) >= 11 is 0. The number of aryl methyl sites for hydroxylation is 1. The lowest BCUT2D eigenvalue weighted by molar-refractivity contribution is 0.114. The van der Waals surface area contributed by atoms with Crippen LogP contribution in [0.3, 0.4) is 0 Å². The molecule has 1 aromatic heterocycles. The quantitative estimate of drug-likeness (QED) is 0.686. The summed E-state index contributed by atoms with van der Waals surface area (Å²) in [6.07, 6.45) is 4.89. The molecule has 1 unspecified atom stereocenters. The maximum absolute atomic E-state index is 13.5. The van der Waals surface area contributed by atoms with Crippen molar-refractivity contribution in [2.75, 3.05) is 18.1 Å². The zero-order valence-corrected chi connectivity index (χ0v) is 14.2. The second-order valence-corrected chi connectivity index (χ2v) is 6.27. The van der Waals surface area contributed by atoms with Crippen LogP contribution in [0.4, 0.5) is 10.1 Å². The maximum Gasteiger partial charge on any atom is 0.158 e. The number of halogens is 1. The van der Waals surface area contributed by atoms with Gasteiger partial charge in [-0.05, 0) is 48.4 Å². The van der Waals surface area contributed by atoms with Gasteiger partial charge >= 0.3 is 0 Å². The molecular formula is C21H21FN2O. The molecule has 0 radical (unpaired) electrons. The standard InChI is InChI=1S/C21H21FN2O/c1-2-16-6-8-19(9-7-16)24-12-13-25-21(24)17-10-11-23(15-17)20-5-3-4-18(22)14-20/h3-11,14-15,21H,2,12-13H2,1H3. The SMILES string of the molecule is CCc1ccc(N2CCOC2c2ccn(-c3cccc(F)c3)c2)cc1. The number of rotatable bonds is 4. The zero-order chi connectivity index (χ0) is 17.2. The monoisotopic (exact) mass is 336 g/mol. The van der Waals surface area contributed by atoms with E-state index in [-0.39, 0.29) is 12.0 Å². The summed E-state index contributed by atoms with van der Waals surface area (Å²) in [6, 6.07) is 17.3. The van der Waals surface area contributed by atoms with E-state index in [1.165, 1.54) is 23.4 Å². The van der Waals surface area contributed by atoms with Crippen molar-refractivity contribution >= 4 is 5.69 Å². The third-order valence-corrected chi connectivity index (χ3v) is 4.67. The van der Waals surface area contributed by atoms with Gasteiger partial charge in [0.05, 0.1) is 6.61 Å². The number of nitrogens with zero attached hydrogens (tertiary/aromatic N) is 2. The molecule has 2 heterocycles. The summed E-state index contributed by atoms with van der Waals surface area (Å²) in [5, 5.41) is 0. The first-order chi connectivity index (χ1) is 12.2. The molecule has 3 aromatic rings. The highest BCUT2D eigenvalue weighted by Gasteiger charge is 2.27. The average Bonchev–Trinajstić information content (AvgIpc) is 3.31. The van der Waals surface area contributed by atoms with Gasteiger partial charge in [-0.25, -0.2) is 4.39 Å². The normalized spacial score (nSPS) is 17.2. The summed E-state index contributed by atoms with van der Waals surface area (Å²) < 4.78 is 21.4. The molecule has 4 heteroatoms. The molecule has 0 amide bonds. The van der Waals surface area contributed by atoms with E-state index in [0.29, 0.717) is 6.61 Å². The van der Waals surface area contributed by atoms with E-state index in [2.05, 4.69) is 36.1 Å². The van der Waals surface area contributed by atoms with E-state index in [0.717, 1.165) is 24.2 Å². The van der Waals surface area contributed by atoms with E-state index >= 15 is 0 Å². The highest BCUT2D eigenvalue weighted by molar-refractivity contribution is 5.50. The van der Waals surface area contributed by atoms with Crippen LogP contribution in [-0.2, 0) is 11.2 Å². The van der Waals surface area contributed by atoms with Crippen LogP contribution in [0.5, 0.6) is 0 Å². The Labute approximate surface area is 147 Å². The first-order valence-electron chi connectivity index (χ1n) is 8.65. The molecule has 3 nitrogen and oxygen atoms in total. The smallest absolute Gasteiger partial charge is 0.158 e. The second-order valence-electron chi connectivity index (χ2n) is 6.27. The lowest BCUT2D eigenvalue weighted by atomic mass is 10.1. The molecule has 1 saturated heterocycles. The van der Waals surface area contributed by atoms with Gasteiger partial charge in [0.25, 0.3) is 0 Å². The Morgan fingerprint density at radius 1 is 1.08 bits per heavy atom. The number of aromatic nitrogens is 1. The number of hydrogen-bond donors (Lipinski definition) is 0. The second kappa shape index (κ2) is 6.73. The van der Waals surface area contributed by atoms with Crippen LogP contribution in [0, 0.1) is 5.82 Å². The van der Waals surface area contributed by atoms with E-state index in [1.807, 2.05) is 29.1 Å². The van der Waals surface area contributed by atoms with Crippen molar-refractivity contribution < 1.29 is 9.13 Å². The lowest BCUT2D eigenvalue weighted by Crippen LogP contribution is -2.22. The highest BCUT2D eigenvalue weighted by Crippen LogP contribution is 2.33. The van der Waals surface area contributed by atoms with Crippen molar-refractivity contribution in [2.45, 2.75) is 19.6 Å². The van der Waals surface area contributed by atoms with Gasteiger partial charge in [-0.15, -0.1) is 0 Å². The molecule has 0 aliphatic carbocycles. The van der Waals surface area contributed by atoms with Crippen LogP contribution in [0.1, 0.15) is 24.3 Å². The minimum absolute atomic E-state index is 0.109. The van der Waals surface area contributed by atoms with E-state index in [4.69, 9.17) is 4.74 Å². The number of anilines is 1. The van der Waals surface area contributed by atoms with Crippen molar-refractivity contribution in [1.82, 2.24) is 4.57 Å². The Hall–Kier alpha value is -2.59. The fourth-order valence-electron chi connectivity index (χ4n) is 3.29. The van der Waals surface area contributed by atoms with E-state index < -0.39 is 0 Å². The summed E-state index contributed by atoms with van der Waals surface area (Å²) in [7, 11) is 0. The summed E-state index contributed by atoms with van der Waals surface area (Å²) in [6.45, 7) is 3.72. The maximum atomic E-state index is 13.5. The van der Waals surface area contributed by atoms with Crippen LogP contribution in [0.2, 0.25) is 0 Å². The molecule has 0 N–H and O–H groups in total. The van der Waals surface area contributed by atoms with Gasteiger partial charge < -0.3 is 14.2 Å². The fourth-order valence-corrected chi connectivity index (χ4v) is 3.29. The number of hydrogen-bond acceptors (Lipinski definition) is 2. The van der Waals surface area contributed by atoms with Crippen LogP contribution < -0.4 is 4.90 Å². The van der Waals surface area contributed by atoms with Crippen molar-refractivity contribution in [3.05, 3.63) is 83.9 Å². The zero-order valence-electron chi connectivity index (χ0n) is 14.2. The topological polar surface area (TPSA) is 17.4 Å². The summed E-state index contributed by atoms with van der Waals surface area (Å²) in [5.74, 6) is -0.234. The molecule has 128 valence electrons. The van der Waals surface area contributed by atoms with Gasteiger partial charge in [-0.3, -0.25) is 0 Å². The minimum atomic E-state index is -0.234. The van der Waals surface area contributed by atoms with Gasteiger partial charge in [0.2, 0.25) is 0 Å². The molecule has 1 fully saturated rings. The van der Waals surface area contributed by atoms with Crippen molar-refractivity contribution in [1.29, 1.82) is 0 Å². The molecule has 1 aliphatic heterocycles. The van der Waals surface area contributed by atoms with E-state index in [9.17, 15) is 4.39 Å². The van der Waals surface area contributed by atoms with Gasteiger partial charge in [0, 0.05) is 35.9 Å². The molecule has 2 aromatic carbocycles. The molecule has 0 spiro atoms. The Morgan fingerprint density at radius 3 is 2.68 bits per heavy atom. The predicted octanol–water partition coefficient (Wildman–Crippen LogP) is 4.71. The molecule has 1 atom stereocenters. The predicted molar refractivity (Wildman–Crippen MR) is 97.6 cm³/mol. The molecule has 0 saturated carbocycles. The molecule has 1 aliphatic rings. The third-order valence-electron chi connectivity index (χ3n) is 4.67. The third kappa shape index (κ3) is 3.17. The van der Waals surface area contributed by atoms with Gasteiger partial charge in [0.15, 0.2) is 6.23 Å². The van der Waals surface area contributed by atoms with Crippen molar-refractivity contribution in [3.8, 4) is 5.69 Å². The summed E-state index contributed by atoms with van der Waals surface area (Å²) in [5.41, 5.74) is 4.38. The minimum Gasteiger partial charge on any atom is -0.352 e. The van der Waals surface area contributed by atoms with Crippen LogP contribution in [-0.4, -0.2) is 17.7 Å². The number of benzene rings is 2. The highest BCUT2D eigenvalue weighted by atomic mass is 19.1. The first kappa shape index (κ1) is 15.9. The Balaban J connectivity index is 1.60. The van der Waals surface area contributed by atoms with Crippen LogP contribution in [0.25, 0.3) is 5.69 Å². The molecular weight excluding hydrogens is 315 g/mol. The molecule has 0 bridgehead atoms. The Morgan fingerprint density at radius 2 is 1.92 bits per heavy atom. The molecule has 25 heavy (non-hydrogen) atoms. The molecule has 4 rings (SSSR count). The van der Waals surface area contributed by atoms with Crippen LogP contribution in [0.15, 0.2) is 67.0 Å². The van der Waals surface area contributed by atoms with Gasteiger partial charge in [-0.1, -0.05) is 25.1 Å². The Bertz CT molecular complexity index is 856. The number of ether oxygens (including phenoxy) is 1. The summed E-state index contributed by atoms with van der Waals surface area (Å²) in [4.78, 5) is 2.27. The van der Waals surface area contributed by atoms with Crippen molar-refractivity contribution in [3.63, 3.8) is 0 Å². The van der Waals surface area contributed by atoms with Crippen LogP contribution >= 0.6 is 0 Å². The lowest BCUT2D eigenvalue weighted by Gasteiger charge is -2.24. The Kier molecular flexibility index (Phi) is 4.28. The van der Waals surface area contributed by atoms with E-state index in [1.54, 1.807) is 6.07 Å². The van der Waals surface area contributed by atoms with Crippen molar-refractivity contribution in [2.24, 2.45) is 0 Å². The first-order valence-corrected chi connectivity index (χ1v) is 8.65. The fraction of sp³-hybridized carbons (Fsp3) is 0.238. The van der Waals surface area contributed by atoms with Gasteiger partial charge in [0.1, 0.15) is 5.82 Å².